The molecule has 4 aliphatic rings. The van der Waals surface area contributed by atoms with Crippen molar-refractivity contribution in [2.75, 3.05) is 23.8 Å². The predicted octanol–water partition coefficient (Wildman–Crippen LogP) is 6.17. The molecule has 7 nitrogen and oxygen atoms in total. The Labute approximate surface area is 225 Å². The van der Waals surface area contributed by atoms with E-state index in [9.17, 15) is 13.2 Å². The van der Waals surface area contributed by atoms with E-state index in [0.29, 0.717) is 46.5 Å². The second-order valence-electron chi connectivity index (χ2n) is 10.4. The van der Waals surface area contributed by atoms with Gasteiger partial charge < -0.3 is 14.8 Å². The quantitative estimate of drug-likeness (QED) is 0.355. The van der Waals surface area contributed by atoms with Crippen LogP contribution in [0.15, 0.2) is 45.8 Å². The zero-order valence-corrected chi connectivity index (χ0v) is 23.4. The molecule has 4 saturated carbocycles. The maximum Gasteiger partial charge on any atom is 0.265 e. The largest absolute Gasteiger partial charge is 0.495 e. The van der Waals surface area contributed by atoms with Crippen LogP contribution in [0.1, 0.15) is 45.4 Å². The highest BCUT2D eigenvalue weighted by Gasteiger charge is 2.60. The van der Waals surface area contributed by atoms with Gasteiger partial charge in [-0.05, 0) is 110 Å². The van der Waals surface area contributed by atoms with Crippen LogP contribution in [0.4, 0.5) is 11.4 Å². The highest BCUT2D eigenvalue weighted by Crippen LogP contribution is 2.64. The summed E-state index contributed by atoms with van der Waals surface area (Å²) in [7, 11) is -2.61. The molecular formula is C26H30BrClN2O5S. The monoisotopic (exact) mass is 596 g/mol. The molecule has 194 valence electrons. The summed E-state index contributed by atoms with van der Waals surface area (Å²) in [4.78, 5) is 13.2. The van der Waals surface area contributed by atoms with Crippen molar-refractivity contribution in [3.63, 3.8) is 0 Å². The first-order valence-corrected chi connectivity index (χ1v) is 14.8. The van der Waals surface area contributed by atoms with E-state index in [4.69, 9.17) is 21.1 Å². The topological polar surface area (TPSA) is 93.7 Å². The molecule has 0 aliphatic heterocycles. The molecule has 4 aliphatic carbocycles. The van der Waals surface area contributed by atoms with Crippen LogP contribution in [-0.2, 0) is 14.8 Å². The van der Waals surface area contributed by atoms with Crippen LogP contribution >= 0.6 is 27.5 Å². The molecule has 1 amide bonds. The van der Waals surface area contributed by atoms with Crippen molar-refractivity contribution in [2.24, 2.45) is 17.3 Å². The molecule has 2 aromatic rings. The number of methoxy groups -OCH3 is 1. The average molecular weight is 598 g/mol. The minimum atomic E-state index is -4.02. The fraction of sp³-hybridized carbons (Fsp3) is 0.500. The summed E-state index contributed by atoms with van der Waals surface area (Å²) >= 11 is 10.3. The standard InChI is InChI=1S/C26H30BrClN2O5S/c1-3-35-21-6-5-19(9-20(21)27)30-36(32,33)23-10-18(4-7-22(23)34-2)29-24(31)25-11-16-8-17(12-25)14-26(28,13-16)15-25/h4-7,9-10,16-17,30H,3,8,11-15H2,1-2H3,(H,29,31)/t16-,17-,25?,26?/m1/s1. The number of sulfonamides is 1. The van der Waals surface area contributed by atoms with E-state index >= 15 is 0 Å². The fourth-order valence-corrected chi connectivity index (χ4v) is 9.12. The number of rotatable bonds is 8. The zero-order chi connectivity index (χ0) is 25.7. The van der Waals surface area contributed by atoms with Crippen LogP contribution in [0.2, 0.25) is 0 Å². The number of carbonyl (C=O) groups is 1. The molecule has 0 aromatic heterocycles. The fourth-order valence-electron chi connectivity index (χ4n) is 6.69. The molecule has 4 bridgehead atoms. The Kier molecular flexibility index (Phi) is 6.71. The minimum absolute atomic E-state index is 0.0628. The van der Waals surface area contributed by atoms with E-state index in [-0.39, 0.29) is 21.4 Å². The molecule has 10 heteroatoms. The van der Waals surface area contributed by atoms with Crippen molar-refractivity contribution >= 4 is 54.8 Å². The Balaban J connectivity index is 1.38. The molecule has 0 saturated heterocycles. The summed E-state index contributed by atoms with van der Waals surface area (Å²) < 4.78 is 40.7. The minimum Gasteiger partial charge on any atom is -0.495 e. The van der Waals surface area contributed by atoms with Gasteiger partial charge in [-0.15, -0.1) is 11.6 Å². The van der Waals surface area contributed by atoms with Gasteiger partial charge in [-0.2, -0.15) is 0 Å². The molecule has 2 aromatic carbocycles. The second-order valence-corrected chi connectivity index (χ2v) is 13.7. The van der Waals surface area contributed by atoms with Crippen LogP contribution in [0.5, 0.6) is 11.5 Å². The van der Waals surface area contributed by atoms with Crippen LogP contribution < -0.4 is 19.5 Å². The van der Waals surface area contributed by atoms with Crippen LogP contribution in [0.25, 0.3) is 0 Å². The summed E-state index contributed by atoms with van der Waals surface area (Å²) in [6.45, 7) is 2.37. The summed E-state index contributed by atoms with van der Waals surface area (Å²) in [5.74, 6) is 1.70. The van der Waals surface area contributed by atoms with Crippen molar-refractivity contribution in [2.45, 2.75) is 55.2 Å². The van der Waals surface area contributed by atoms with Gasteiger partial charge in [-0.25, -0.2) is 8.42 Å². The maximum absolute atomic E-state index is 13.6. The van der Waals surface area contributed by atoms with Gasteiger partial charge >= 0.3 is 0 Å². The third-order valence-corrected chi connectivity index (χ3v) is 10.1. The van der Waals surface area contributed by atoms with Crippen molar-refractivity contribution in [3.05, 3.63) is 40.9 Å². The first-order valence-electron chi connectivity index (χ1n) is 12.2. The second kappa shape index (κ2) is 9.40. The molecule has 0 unspecified atom stereocenters. The number of halogens is 2. The molecule has 0 radical (unpaired) electrons. The Morgan fingerprint density at radius 3 is 2.36 bits per heavy atom. The number of nitrogens with one attached hydrogen (secondary N) is 2. The molecule has 36 heavy (non-hydrogen) atoms. The highest BCUT2D eigenvalue weighted by molar-refractivity contribution is 9.10. The van der Waals surface area contributed by atoms with Crippen molar-refractivity contribution in [1.29, 1.82) is 0 Å². The van der Waals surface area contributed by atoms with Crippen molar-refractivity contribution in [3.8, 4) is 11.5 Å². The third kappa shape index (κ3) is 4.82. The summed E-state index contributed by atoms with van der Waals surface area (Å²) in [5, 5.41) is 3.01. The lowest BCUT2D eigenvalue weighted by Gasteiger charge is -2.59. The van der Waals surface area contributed by atoms with Gasteiger partial charge in [0.05, 0.1) is 29.3 Å². The average Bonchev–Trinajstić information content (AvgIpc) is 2.79. The van der Waals surface area contributed by atoms with E-state index in [1.54, 1.807) is 30.3 Å². The van der Waals surface area contributed by atoms with Gasteiger partial charge in [-0.3, -0.25) is 9.52 Å². The van der Waals surface area contributed by atoms with E-state index in [2.05, 4.69) is 26.0 Å². The van der Waals surface area contributed by atoms with Gasteiger partial charge in [0.25, 0.3) is 10.0 Å². The lowest BCUT2D eigenvalue weighted by molar-refractivity contribution is -0.138. The molecule has 6 rings (SSSR count). The van der Waals surface area contributed by atoms with Gasteiger partial charge in [0.2, 0.25) is 5.91 Å². The van der Waals surface area contributed by atoms with Crippen LogP contribution in [0, 0.1) is 17.3 Å². The number of hydrogen-bond donors (Lipinski definition) is 2. The predicted molar refractivity (Wildman–Crippen MR) is 143 cm³/mol. The van der Waals surface area contributed by atoms with Gasteiger partial charge in [0.1, 0.15) is 16.4 Å². The highest BCUT2D eigenvalue weighted by atomic mass is 79.9. The Morgan fingerprint density at radius 2 is 1.75 bits per heavy atom. The number of benzene rings is 2. The molecule has 0 heterocycles. The number of hydrogen-bond acceptors (Lipinski definition) is 5. The number of amides is 1. The van der Waals surface area contributed by atoms with Gasteiger partial charge in [0.15, 0.2) is 0 Å². The third-order valence-electron chi connectivity index (χ3n) is 7.67. The first-order chi connectivity index (χ1) is 17.0. The molecule has 4 fully saturated rings. The maximum atomic E-state index is 13.6. The summed E-state index contributed by atoms with van der Waals surface area (Å²) in [5.41, 5.74) is 0.286. The lowest BCUT2D eigenvalue weighted by atomic mass is 9.49. The van der Waals surface area contributed by atoms with Crippen molar-refractivity contribution < 1.29 is 22.7 Å². The van der Waals surface area contributed by atoms with Crippen LogP contribution in [-0.4, -0.2) is 32.9 Å². The zero-order valence-electron chi connectivity index (χ0n) is 20.3. The molecule has 2 atom stereocenters. The van der Waals surface area contributed by atoms with Crippen molar-refractivity contribution in [1.82, 2.24) is 0 Å². The van der Waals surface area contributed by atoms with E-state index in [1.807, 2.05) is 6.92 Å². The smallest absolute Gasteiger partial charge is 0.265 e. The summed E-state index contributed by atoms with van der Waals surface area (Å²) in [6, 6.07) is 9.62. The van der Waals surface area contributed by atoms with E-state index in [1.165, 1.54) is 13.2 Å². The first kappa shape index (κ1) is 25.7. The summed E-state index contributed by atoms with van der Waals surface area (Å²) in [6.07, 6.45) is 5.49. The van der Waals surface area contributed by atoms with E-state index < -0.39 is 15.4 Å². The van der Waals surface area contributed by atoms with Gasteiger partial charge in [-0.1, -0.05) is 0 Å². The molecule has 2 N–H and O–H groups in total. The number of ether oxygens (including phenoxy) is 2. The Morgan fingerprint density at radius 1 is 1.08 bits per heavy atom. The number of carbonyl (C=O) groups excluding carboxylic acids is 1. The number of alkyl halides is 1. The molecular weight excluding hydrogens is 568 g/mol. The normalized spacial score (nSPS) is 28.6. The lowest BCUT2D eigenvalue weighted by Crippen LogP contribution is -2.57. The van der Waals surface area contributed by atoms with E-state index in [0.717, 1.165) is 32.1 Å². The van der Waals surface area contributed by atoms with Crippen LogP contribution in [0.3, 0.4) is 0 Å². The molecule has 0 spiro atoms. The SMILES string of the molecule is CCOc1ccc(NS(=O)(=O)c2cc(NC(=O)C34C[C@H]5C[C@@H](CC(Cl)(C5)C3)C4)ccc2OC)cc1Br. The van der Waals surface area contributed by atoms with Gasteiger partial charge in [0, 0.05) is 10.6 Å². The Bertz CT molecular complexity index is 1290. The Hall–Kier alpha value is -1.97. The number of anilines is 2.